The van der Waals surface area contributed by atoms with Crippen molar-refractivity contribution in [1.82, 2.24) is 4.98 Å². The lowest BCUT2D eigenvalue weighted by Crippen LogP contribution is -2.13. The molecular weight excluding hydrogens is 288 g/mol. The molecule has 1 N–H and O–H groups in total. The minimum Gasteiger partial charge on any atom is -0.441 e. The van der Waals surface area contributed by atoms with Gasteiger partial charge in [0.15, 0.2) is 11.5 Å². The molecule has 1 aliphatic rings. The first-order valence-electron chi connectivity index (χ1n) is 7.99. The Balaban J connectivity index is 1.58. The van der Waals surface area contributed by atoms with Crippen LogP contribution in [0.3, 0.4) is 0 Å². The standard InChI is InChI=1S/C19H18N2O2/c1-12-20-17-11-16(8-9-18(17)23-12)21-19(22)15-7-6-13-4-2-3-5-14(13)10-15/h6-11H,2-5H2,1H3,(H,21,22). The van der Waals surface area contributed by atoms with Gasteiger partial charge in [-0.2, -0.15) is 0 Å². The van der Waals surface area contributed by atoms with E-state index in [-0.39, 0.29) is 5.91 Å². The second-order valence-electron chi connectivity index (χ2n) is 6.06. The van der Waals surface area contributed by atoms with E-state index in [2.05, 4.69) is 16.4 Å². The van der Waals surface area contributed by atoms with Crippen LogP contribution in [-0.2, 0) is 12.8 Å². The molecule has 1 aromatic heterocycles. The number of oxazole rings is 1. The first-order valence-corrected chi connectivity index (χ1v) is 7.99. The van der Waals surface area contributed by atoms with Crippen molar-refractivity contribution in [2.24, 2.45) is 0 Å². The fourth-order valence-electron chi connectivity index (χ4n) is 3.20. The second kappa shape index (κ2) is 5.54. The van der Waals surface area contributed by atoms with Crippen LogP contribution in [-0.4, -0.2) is 10.9 Å². The molecule has 0 spiro atoms. The average molecular weight is 306 g/mol. The summed E-state index contributed by atoms with van der Waals surface area (Å²) in [5.74, 6) is 0.538. The van der Waals surface area contributed by atoms with Crippen LogP contribution in [0, 0.1) is 6.92 Å². The number of carbonyl (C=O) groups excluding carboxylic acids is 1. The highest BCUT2D eigenvalue weighted by atomic mass is 16.3. The first-order chi connectivity index (χ1) is 11.2. The van der Waals surface area contributed by atoms with Crippen molar-refractivity contribution in [3.05, 3.63) is 59.0 Å². The molecule has 3 aromatic rings. The average Bonchev–Trinajstić information content (AvgIpc) is 2.93. The Kier molecular flexibility index (Phi) is 3.37. The van der Waals surface area contributed by atoms with Crippen LogP contribution >= 0.6 is 0 Å². The van der Waals surface area contributed by atoms with Crippen molar-refractivity contribution < 1.29 is 9.21 Å². The summed E-state index contributed by atoms with van der Waals surface area (Å²) in [6, 6.07) is 11.5. The van der Waals surface area contributed by atoms with E-state index in [1.807, 2.05) is 37.3 Å². The van der Waals surface area contributed by atoms with E-state index < -0.39 is 0 Å². The van der Waals surface area contributed by atoms with Gasteiger partial charge >= 0.3 is 0 Å². The normalized spacial score (nSPS) is 13.8. The predicted molar refractivity (Wildman–Crippen MR) is 89.8 cm³/mol. The Morgan fingerprint density at radius 2 is 1.91 bits per heavy atom. The molecule has 0 bridgehead atoms. The topological polar surface area (TPSA) is 55.1 Å². The van der Waals surface area contributed by atoms with E-state index in [1.165, 1.54) is 24.0 Å². The summed E-state index contributed by atoms with van der Waals surface area (Å²) in [6.07, 6.45) is 4.65. The van der Waals surface area contributed by atoms with Crippen LogP contribution in [0.4, 0.5) is 5.69 Å². The summed E-state index contributed by atoms with van der Waals surface area (Å²) in [5, 5.41) is 2.95. The molecule has 0 fully saturated rings. The van der Waals surface area contributed by atoms with Gasteiger partial charge in [-0.25, -0.2) is 4.98 Å². The SMILES string of the molecule is Cc1nc2cc(NC(=O)c3ccc4c(c3)CCCC4)ccc2o1. The highest BCUT2D eigenvalue weighted by Gasteiger charge is 2.13. The van der Waals surface area contributed by atoms with Crippen molar-refractivity contribution in [3.63, 3.8) is 0 Å². The highest BCUT2D eigenvalue weighted by Crippen LogP contribution is 2.23. The number of nitrogens with zero attached hydrogens (tertiary/aromatic N) is 1. The van der Waals surface area contributed by atoms with Crippen LogP contribution in [0.2, 0.25) is 0 Å². The van der Waals surface area contributed by atoms with Crippen LogP contribution in [0.5, 0.6) is 0 Å². The van der Waals surface area contributed by atoms with Gasteiger partial charge in [-0.05, 0) is 67.1 Å². The van der Waals surface area contributed by atoms with Crippen LogP contribution in [0.25, 0.3) is 11.1 Å². The van der Waals surface area contributed by atoms with Crippen molar-refractivity contribution in [2.45, 2.75) is 32.6 Å². The number of benzene rings is 2. The Bertz CT molecular complexity index is 896. The van der Waals surface area contributed by atoms with E-state index in [0.717, 1.165) is 29.6 Å². The minimum atomic E-state index is -0.0852. The van der Waals surface area contributed by atoms with Gasteiger partial charge in [0.2, 0.25) is 0 Å². The Morgan fingerprint density at radius 1 is 1.09 bits per heavy atom. The lowest BCUT2D eigenvalue weighted by atomic mass is 9.90. The zero-order valence-electron chi connectivity index (χ0n) is 13.1. The number of anilines is 1. The quantitative estimate of drug-likeness (QED) is 0.769. The number of hydrogen-bond donors (Lipinski definition) is 1. The van der Waals surface area contributed by atoms with Gasteiger partial charge in [0, 0.05) is 18.2 Å². The third kappa shape index (κ3) is 2.72. The largest absolute Gasteiger partial charge is 0.441 e. The number of hydrogen-bond acceptors (Lipinski definition) is 3. The molecular formula is C19H18N2O2. The fourth-order valence-corrected chi connectivity index (χ4v) is 3.20. The van der Waals surface area contributed by atoms with E-state index in [4.69, 9.17) is 4.42 Å². The van der Waals surface area contributed by atoms with E-state index in [0.29, 0.717) is 11.5 Å². The number of fused-ring (bicyclic) bond motifs is 2. The summed E-state index contributed by atoms with van der Waals surface area (Å²) in [7, 11) is 0. The number of carbonyl (C=O) groups is 1. The third-order valence-corrected chi connectivity index (χ3v) is 4.36. The molecule has 0 radical (unpaired) electrons. The van der Waals surface area contributed by atoms with Gasteiger partial charge in [0.1, 0.15) is 5.52 Å². The van der Waals surface area contributed by atoms with Crippen molar-refractivity contribution >= 4 is 22.7 Å². The zero-order valence-corrected chi connectivity index (χ0v) is 13.1. The Hall–Kier alpha value is -2.62. The molecule has 0 aliphatic heterocycles. The Labute approximate surface area is 134 Å². The molecule has 1 amide bonds. The first kappa shape index (κ1) is 14.0. The lowest BCUT2D eigenvalue weighted by Gasteiger charge is -2.16. The van der Waals surface area contributed by atoms with Gasteiger partial charge in [-0.15, -0.1) is 0 Å². The predicted octanol–water partition coefficient (Wildman–Crippen LogP) is 4.27. The maximum Gasteiger partial charge on any atom is 0.255 e. The summed E-state index contributed by atoms with van der Waals surface area (Å²) in [4.78, 5) is 16.8. The van der Waals surface area contributed by atoms with Gasteiger partial charge < -0.3 is 9.73 Å². The van der Waals surface area contributed by atoms with Gasteiger partial charge in [-0.1, -0.05) is 6.07 Å². The number of rotatable bonds is 2. The molecule has 4 rings (SSSR count). The number of aromatic nitrogens is 1. The zero-order chi connectivity index (χ0) is 15.8. The highest BCUT2D eigenvalue weighted by molar-refractivity contribution is 6.05. The molecule has 2 aromatic carbocycles. The van der Waals surface area contributed by atoms with Crippen molar-refractivity contribution in [2.75, 3.05) is 5.32 Å². The summed E-state index contributed by atoms with van der Waals surface area (Å²) in [6.45, 7) is 1.81. The van der Waals surface area contributed by atoms with E-state index >= 15 is 0 Å². The molecule has 4 nitrogen and oxygen atoms in total. The molecule has 4 heteroatoms. The van der Waals surface area contributed by atoms with E-state index in [9.17, 15) is 4.79 Å². The second-order valence-corrected chi connectivity index (χ2v) is 6.06. The van der Waals surface area contributed by atoms with Crippen molar-refractivity contribution in [3.8, 4) is 0 Å². The fraction of sp³-hybridized carbons (Fsp3) is 0.263. The van der Waals surface area contributed by atoms with Crippen molar-refractivity contribution in [1.29, 1.82) is 0 Å². The molecule has 0 atom stereocenters. The molecule has 116 valence electrons. The number of amides is 1. The summed E-state index contributed by atoms with van der Waals surface area (Å²) < 4.78 is 5.45. The molecule has 23 heavy (non-hydrogen) atoms. The van der Waals surface area contributed by atoms with Gasteiger partial charge in [0.05, 0.1) is 0 Å². The molecule has 0 unspecified atom stereocenters. The molecule has 0 saturated heterocycles. The third-order valence-electron chi connectivity index (χ3n) is 4.36. The summed E-state index contributed by atoms with van der Waals surface area (Å²) >= 11 is 0. The minimum absolute atomic E-state index is 0.0852. The van der Waals surface area contributed by atoms with Crippen LogP contribution in [0.1, 0.15) is 40.2 Å². The Morgan fingerprint density at radius 3 is 2.78 bits per heavy atom. The maximum absolute atomic E-state index is 12.5. The lowest BCUT2D eigenvalue weighted by molar-refractivity contribution is 0.102. The number of nitrogens with one attached hydrogen (secondary N) is 1. The molecule has 1 aliphatic carbocycles. The maximum atomic E-state index is 12.5. The smallest absolute Gasteiger partial charge is 0.255 e. The van der Waals surface area contributed by atoms with Gasteiger partial charge in [0.25, 0.3) is 5.91 Å². The van der Waals surface area contributed by atoms with Crippen LogP contribution in [0.15, 0.2) is 40.8 Å². The summed E-state index contributed by atoms with van der Waals surface area (Å²) in [5.41, 5.74) is 5.62. The van der Waals surface area contributed by atoms with E-state index in [1.54, 1.807) is 0 Å². The number of aryl methyl sites for hydroxylation is 3. The van der Waals surface area contributed by atoms with Gasteiger partial charge in [-0.3, -0.25) is 4.79 Å². The monoisotopic (exact) mass is 306 g/mol. The molecule has 1 heterocycles. The van der Waals surface area contributed by atoms with Crippen LogP contribution < -0.4 is 5.32 Å². The molecule has 0 saturated carbocycles.